The van der Waals surface area contributed by atoms with Gasteiger partial charge in [0.15, 0.2) is 11.3 Å². The number of hydrogen-bond donors (Lipinski definition) is 1. The lowest BCUT2D eigenvalue weighted by atomic mass is 10.2. The lowest BCUT2D eigenvalue weighted by molar-refractivity contribution is 0.0137. The van der Waals surface area contributed by atoms with E-state index in [1.165, 1.54) is 5.56 Å². The van der Waals surface area contributed by atoms with Gasteiger partial charge in [-0.15, -0.1) is 0 Å². The molecule has 0 atom stereocenters. The van der Waals surface area contributed by atoms with Crippen molar-refractivity contribution in [1.82, 2.24) is 49.1 Å². The van der Waals surface area contributed by atoms with Crippen molar-refractivity contribution in [2.45, 2.75) is 79.4 Å². The first-order valence-corrected chi connectivity index (χ1v) is 28.0. The van der Waals surface area contributed by atoms with Gasteiger partial charge in [-0.3, -0.25) is 9.80 Å². The molecule has 4 aromatic carbocycles. The van der Waals surface area contributed by atoms with Crippen LogP contribution < -0.4 is 24.3 Å². The number of hydrogen-bond acceptors (Lipinski definition) is 13. The lowest BCUT2D eigenvalue weighted by Gasteiger charge is -2.35. The molecule has 2 aliphatic heterocycles. The number of nitrogens with one attached hydrogen (secondary N) is 1. The Bertz CT molecular complexity index is 3280. The number of rotatable bonds is 18. The summed E-state index contributed by atoms with van der Waals surface area (Å²) in [7, 11) is 0. The van der Waals surface area contributed by atoms with Crippen molar-refractivity contribution in [2.24, 2.45) is 0 Å². The van der Waals surface area contributed by atoms with Crippen molar-refractivity contribution >= 4 is 51.6 Å². The smallest absolute Gasteiger partial charge is 0.410 e. The summed E-state index contributed by atoms with van der Waals surface area (Å²) in [4.78, 5) is 37.9. The summed E-state index contributed by atoms with van der Waals surface area (Å²) in [5.74, 6) is 4.05. The maximum Gasteiger partial charge on any atom is 0.410 e. The minimum atomic E-state index is -0.490. The number of imidazole rings is 2. The zero-order valence-electron chi connectivity index (χ0n) is 46.3. The molecule has 4 aromatic heterocycles. The molecule has 0 aliphatic carbocycles. The zero-order chi connectivity index (χ0) is 55.5. The second kappa shape index (κ2) is 26.3. The first kappa shape index (κ1) is 56.8. The molecule has 0 radical (unpaired) electrons. The number of carbonyl (C=O) groups is 1. The van der Waals surface area contributed by atoms with E-state index in [1.807, 2.05) is 146 Å². The van der Waals surface area contributed by atoms with Crippen LogP contribution in [0.2, 0.25) is 10.0 Å². The molecule has 1 N–H and O–H groups in total. The summed E-state index contributed by atoms with van der Waals surface area (Å²) < 4.78 is 33.5. The van der Waals surface area contributed by atoms with E-state index in [2.05, 4.69) is 58.5 Å². The fourth-order valence-electron chi connectivity index (χ4n) is 9.39. The third kappa shape index (κ3) is 15.5. The highest BCUT2D eigenvalue weighted by Gasteiger charge is 2.26. The average Bonchev–Trinajstić information content (AvgIpc) is 4.19. The van der Waals surface area contributed by atoms with Gasteiger partial charge in [-0.2, -0.15) is 9.97 Å². The topological polar surface area (TPSA) is 146 Å². The van der Waals surface area contributed by atoms with Gasteiger partial charge in [0.25, 0.3) is 0 Å². The standard InChI is InChI=1S/C33H40ClN5O4.C28H32ClN5O2/c1-23(2)42-29-14-13-28-30(35-29)36-31(39(28)22-24-9-7-6-8-10-24)26-12-11-25(21-27(26)34)41-20-19-37-15-17-38(18-16-37)32(40)43-33(3,4)5;1-20(2)36-26-11-10-25-27(31-26)32-28(34(25)19-21-6-4-3-5-7-21)23-9-8-22(18-24(23)29)35-17-16-33-14-12-30-13-15-33/h6-14,21,23H,15-20,22H2,1-5H3;3-11,18,20,30H,12-17,19H2,1-2H3. The van der Waals surface area contributed by atoms with Gasteiger partial charge in [-0.1, -0.05) is 83.9 Å². The Balaban J connectivity index is 0.000000195. The third-order valence-electron chi connectivity index (χ3n) is 13.2. The molecule has 6 heterocycles. The highest BCUT2D eigenvalue weighted by molar-refractivity contribution is 6.33. The summed E-state index contributed by atoms with van der Waals surface area (Å²) >= 11 is 13.6. The van der Waals surface area contributed by atoms with E-state index >= 15 is 0 Å². The average molecular weight is 1110 g/mol. The minimum Gasteiger partial charge on any atom is -0.492 e. The Hall–Kier alpha value is -6.95. The fourth-order valence-corrected chi connectivity index (χ4v) is 9.90. The summed E-state index contributed by atoms with van der Waals surface area (Å²) in [6.45, 7) is 24.6. The molecule has 18 heteroatoms. The predicted molar refractivity (Wildman–Crippen MR) is 313 cm³/mol. The Labute approximate surface area is 473 Å². The van der Waals surface area contributed by atoms with Crippen molar-refractivity contribution in [3.63, 3.8) is 0 Å². The highest BCUT2D eigenvalue weighted by atomic mass is 35.5. The Morgan fingerprint density at radius 3 is 1.43 bits per heavy atom. The molecule has 416 valence electrons. The van der Waals surface area contributed by atoms with E-state index in [0.717, 1.165) is 97.5 Å². The van der Waals surface area contributed by atoms with Crippen molar-refractivity contribution in [3.05, 3.63) is 142 Å². The molecular formula is C61H72Cl2N10O6. The third-order valence-corrected chi connectivity index (χ3v) is 13.8. The Kier molecular flexibility index (Phi) is 18.9. The largest absolute Gasteiger partial charge is 0.492 e. The van der Waals surface area contributed by atoms with E-state index in [-0.39, 0.29) is 18.3 Å². The number of pyridine rings is 2. The van der Waals surface area contributed by atoms with Gasteiger partial charge in [-0.25, -0.2) is 14.8 Å². The van der Waals surface area contributed by atoms with E-state index in [0.29, 0.717) is 78.2 Å². The van der Waals surface area contributed by atoms with Crippen LogP contribution >= 0.6 is 23.2 Å². The van der Waals surface area contributed by atoms with Gasteiger partial charge in [0.05, 0.1) is 33.3 Å². The summed E-state index contributed by atoms with van der Waals surface area (Å²) in [6.07, 6.45) is -0.204. The van der Waals surface area contributed by atoms with Gasteiger partial charge in [-0.05, 0) is 108 Å². The number of amides is 1. The summed E-state index contributed by atoms with van der Waals surface area (Å²) in [5, 5.41) is 4.52. The van der Waals surface area contributed by atoms with Crippen LogP contribution in [-0.4, -0.2) is 146 Å². The monoisotopic (exact) mass is 1110 g/mol. The highest BCUT2D eigenvalue weighted by Crippen LogP contribution is 2.36. The molecule has 2 fully saturated rings. The predicted octanol–water partition coefficient (Wildman–Crippen LogP) is 11.4. The molecular weight excluding hydrogens is 1040 g/mol. The number of ether oxygens (including phenoxy) is 5. The molecule has 2 aliphatic rings. The lowest BCUT2D eigenvalue weighted by Crippen LogP contribution is -2.50. The molecule has 2 saturated heterocycles. The number of halogens is 2. The van der Waals surface area contributed by atoms with Crippen LogP contribution in [0.1, 0.15) is 59.6 Å². The van der Waals surface area contributed by atoms with E-state index in [9.17, 15) is 4.79 Å². The van der Waals surface area contributed by atoms with Crippen LogP contribution in [0, 0.1) is 0 Å². The van der Waals surface area contributed by atoms with Gasteiger partial charge >= 0.3 is 6.09 Å². The molecule has 16 nitrogen and oxygen atoms in total. The van der Waals surface area contributed by atoms with Crippen LogP contribution in [0.15, 0.2) is 121 Å². The molecule has 8 aromatic rings. The van der Waals surface area contributed by atoms with Gasteiger partial charge in [0.2, 0.25) is 11.8 Å². The molecule has 0 spiro atoms. The van der Waals surface area contributed by atoms with Crippen molar-refractivity contribution in [1.29, 1.82) is 0 Å². The SMILES string of the molecule is CC(C)Oc1ccc2c(n1)nc(-c1ccc(OCCN3CCN(C(=O)OC(C)(C)C)CC3)cc1Cl)n2Cc1ccccc1.CC(C)Oc1ccc2c(n1)nc(-c1ccc(OCCN3CCNCC3)cc1Cl)n2Cc1ccccc1. The van der Waals surface area contributed by atoms with Crippen molar-refractivity contribution in [2.75, 3.05) is 78.7 Å². The molecule has 0 bridgehead atoms. The van der Waals surface area contributed by atoms with Crippen LogP contribution in [0.4, 0.5) is 4.79 Å². The summed E-state index contributed by atoms with van der Waals surface area (Å²) in [5.41, 5.74) is 6.53. The molecule has 0 saturated carbocycles. The van der Waals surface area contributed by atoms with Gasteiger partial charge < -0.3 is 43.0 Å². The number of piperazine rings is 2. The van der Waals surface area contributed by atoms with Gasteiger partial charge in [0, 0.05) is 102 Å². The van der Waals surface area contributed by atoms with E-state index in [1.54, 1.807) is 4.90 Å². The molecule has 0 unspecified atom stereocenters. The number of carbonyl (C=O) groups excluding carboxylic acids is 1. The maximum atomic E-state index is 12.3. The molecule has 1 amide bonds. The normalized spacial score (nSPS) is 14.4. The van der Waals surface area contributed by atoms with Gasteiger partial charge in [0.1, 0.15) is 42.0 Å². The van der Waals surface area contributed by atoms with Crippen molar-refractivity contribution < 1.29 is 28.5 Å². The van der Waals surface area contributed by atoms with Crippen LogP contribution in [-0.2, 0) is 17.8 Å². The number of aromatic nitrogens is 6. The second-order valence-electron chi connectivity index (χ2n) is 21.2. The van der Waals surface area contributed by atoms with E-state index < -0.39 is 5.60 Å². The van der Waals surface area contributed by atoms with Crippen molar-refractivity contribution in [3.8, 4) is 46.0 Å². The Morgan fingerprint density at radius 1 is 0.570 bits per heavy atom. The minimum absolute atomic E-state index is 0.0136. The quantitative estimate of drug-likeness (QED) is 0.0870. The first-order chi connectivity index (χ1) is 38.1. The van der Waals surface area contributed by atoms with Crippen LogP contribution in [0.3, 0.4) is 0 Å². The number of benzene rings is 4. The Morgan fingerprint density at radius 2 is 1.01 bits per heavy atom. The zero-order valence-corrected chi connectivity index (χ0v) is 47.8. The maximum absolute atomic E-state index is 12.3. The number of fused-ring (bicyclic) bond motifs is 2. The molecule has 10 rings (SSSR count). The molecule has 79 heavy (non-hydrogen) atoms. The van der Waals surface area contributed by atoms with E-state index in [4.69, 9.17) is 56.9 Å². The van der Waals surface area contributed by atoms with Crippen LogP contribution in [0.25, 0.3) is 45.1 Å². The first-order valence-electron chi connectivity index (χ1n) is 27.3. The summed E-state index contributed by atoms with van der Waals surface area (Å²) in [6, 6.07) is 39.9. The van der Waals surface area contributed by atoms with Crippen LogP contribution in [0.5, 0.6) is 23.3 Å². The fraction of sp³-hybridized carbons (Fsp3) is 0.393. The second-order valence-corrected chi connectivity index (χ2v) is 22.0. The number of nitrogens with zero attached hydrogens (tertiary/aromatic N) is 9.